The first-order valence-corrected chi connectivity index (χ1v) is 9.21. The lowest BCUT2D eigenvalue weighted by Gasteiger charge is -2.26. The highest BCUT2D eigenvalue weighted by Crippen LogP contribution is 2.40. The van der Waals surface area contributed by atoms with Gasteiger partial charge in [0.15, 0.2) is 0 Å². The zero-order chi connectivity index (χ0) is 18.0. The Morgan fingerprint density at radius 3 is 2.44 bits per heavy atom. The molecule has 0 amide bonds. The first-order valence-electron chi connectivity index (χ1n) is 7.36. The second-order valence-corrected chi connectivity index (χ2v) is 7.20. The Hall–Kier alpha value is -2.48. The van der Waals surface area contributed by atoms with E-state index in [1.54, 1.807) is 24.3 Å². The molecule has 0 spiro atoms. The van der Waals surface area contributed by atoms with E-state index < -0.39 is 17.2 Å². The maximum absolute atomic E-state index is 11.9. The Labute approximate surface area is 151 Å². The highest BCUT2D eigenvalue weighted by atomic mass is 32.2. The average Bonchev–Trinajstić information content (AvgIpc) is 3.01. The van der Waals surface area contributed by atoms with Gasteiger partial charge >= 0.3 is 5.97 Å². The number of aromatic carboxylic acids is 1. The van der Waals surface area contributed by atoms with Gasteiger partial charge in [0.2, 0.25) is 0 Å². The number of carboxylic acids is 1. The number of anilines is 2. The summed E-state index contributed by atoms with van der Waals surface area (Å²) in [6.45, 7) is 1.84. The molecule has 0 saturated carbocycles. The lowest BCUT2D eigenvalue weighted by molar-refractivity contribution is 0.0703. The van der Waals surface area contributed by atoms with Gasteiger partial charge in [-0.3, -0.25) is 8.51 Å². The second-order valence-electron chi connectivity index (χ2n) is 5.35. The molecule has 0 fully saturated rings. The summed E-state index contributed by atoms with van der Waals surface area (Å²) in [6.07, 6.45) is 0. The van der Waals surface area contributed by atoms with E-state index >= 15 is 0 Å². The van der Waals surface area contributed by atoms with Crippen LogP contribution < -0.4 is 4.31 Å². The third-order valence-corrected chi connectivity index (χ3v) is 5.44. The maximum Gasteiger partial charge on any atom is 0.348 e. The number of hydrogen-bond acceptors (Lipinski definition) is 4. The zero-order valence-corrected chi connectivity index (χ0v) is 14.8. The fourth-order valence-corrected chi connectivity index (χ4v) is 4.12. The van der Waals surface area contributed by atoms with Crippen LogP contribution in [0.4, 0.5) is 11.4 Å². The van der Waals surface area contributed by atoms with Crippen LogP contribution in [0.2, 0.25) is 0 Å². The van der Waals surface area contributed by atoms with Crippen LogP contribution in [0, 0.1) is 6.92 Å². The first kappa shape index (κ1) is 17.3. The molecular weight excluding hydrogens is 358 g/mol. The van der Waals surface area contributed by atoms with Gasteiger partial charge in [-0.2, -0.15) is 0 Å². The number of aryl methyl sites for hydroxylation is 1. The molecule has 3 rings (SSSR count). The van der Waals surface area contributed by atoms with Crippen LogP contribution in [0.15, 0.2) is 60.7 Å². The average molecular weight is 372 g/mol. The number of rotatable bonds is 5. The second kappa shape index (κ2) is 7.18. The van der Waals surface area contributed by atoms with Crippen LogP contribution in [-0.2, 0) is 11.3 Å². The Morgan fingerprint density at radius 1 is 1.12 bits per heavy atom. The van der Waals surface area contributed by atoms with Crippen molar-refractivity contribution in [2.45, 2.75) is 6.92 Å². The molecule has 2 aromatic carbocycles. The third kappa shape index (κ3) is 3.63. The fraction of sp³-hybridized carbons (Fsp3) is 0.0556. The number of benzene rings is 2. The van der Waals surface area contributed by atoms with Crippen molar-refractivity contribution in [2.24, 2.45) is 0 Å². The molecule has 5 nitrogen and oxygen atoms in total. The Bertz CT molecular complexity index is 937. The van der Waals surface area contributed by atoms with Crippen molar-refractivity contribution in [1.29, 1.82) is 0 Å². The van der Waals surface area contributed by atoms with Crippen molar-refractivity contribution in [3.8, 4) is 10.4 Å². The van der Waals surface area contributed by atoms with Gasteiger partial charge in [0.05, 0.1) is 22.6 Å². The number of carboxylic acid groups (broad SMARTS) is 1. The molecule has 25 heavy (non-hydrogen) atoms. The van der Waals surface area contributed by atoms with E-state index in [0.717, 1.165) is 26.8 Å². The molecular formula is C18H14NO4S2-. The normalized spacial score (nSPS) is 11.9. The molecule has 0 aliphatic rings. The third-order valence-electron chi connectivity index (χ3n) is 3.57. The minimum Gasteiger partial charge on any atom is -0.755 e. The predicted molar refractivity (Wildman–Crippen MR) is 99.0 cm³/mol. The number of hydrogen-bond donors (Lipinski definition) is 1. The summed E-state index contributed by atoms with van der Waals surface area (Å²) in [5, 5.41) is 9.54. The quantitative estimate of drug-likeness (QED) is 0.675. The van der Waals surface area contributed by atoms with Gasteiger partial charge in [-0.25, -0.2) is 4.79 Å². The van der Waals surface area contributed by atoms with E-state index in [1.807, 2.05) is 43.3 Å². The molecule has 128 valence electrons. The zero-order valence-electron chi connectivity index (χ0n) is 13.2. The summed E-state index contributed by atoms with van der Waals surface area (Å²) < 4.78 is 24.8. The van der Waals surface area contributed by atoms with Crippen molar-refractivity contribution in [3.05, 3.63) is 71.1 Å². The van der Waals surface area contributed by atoms with Gasteiger partial charge in [-0.15, -0.1) is 11.3 Å². The first-order chi connectivity index (χ1) is 12.0. The highest BCUT2D eigenvalue weighted by molar-refractivity contribution is 7.81. The standard InChI is InChI=1S/C18H15NO4S2/c1-12-6-5-9-14(10-12)19(25(22)23)15-11-16(24-17(15)18(20)21)13-7-3-2-4-8-13/h2-11H,1H3,(H,20,21)(H,22,23)/p-1. The summed E-state index contributed by atoms with van der Waals surface area (Å²) in [7, 11) is 0. The Kier molecular flexibility index (Phi) is 4.98. The fourth-order valence-electron chi connectivity index (χ4n) is 2.49. The van der Waals surface area contributed by atoms with Crippen molar-refractivity contribution >= 4 is 39.9 Å². The molecule has 0 aliphatic heterocycles. The van der Waals surface area contributed by atoms with Crippen LogP contribution in [0.5, 0.6) is 0 Å². The predicted octanol–water partition coefficient (Wildman–Crippen LogP) is 4.35. The van der Waals surface area contributed by atoms with Crippen molar-refractivity contribution in [1.82, 2.24) is 0 Å². The molecule has 1 unspecified atom stereocenters. The molecule has 3 aromatic rings. The van der Waals surface area contributed by atoms with Crippen molar-refractivity contribution in [2.75, 3.05) is 4.31 Å². The van der Waals surface area contributed by atoms with Crippen LogP contribution in [0.25, 0.3) is 10.4 Å². The monoisotopic (exact) mass is 372 g/mol. The SMILES string of the molecule is Cc1cccc(N(c2cc(-c3ccccc3)sc2C(=O)O)S(=O)[O-])c1. The lowest BCUT2D eigenvalue weighted by atomic mass is 10.2. The molecule has 0 aliphatic carbocycles. The van der Waals surface area contributed by atoms with E-state index in [2.05, 4.69) is 0 Å². The van der Waals surface area contributed by atoms with Crippen molar-refractivity contribution < 1.29 is 18.7 Å². The van der Waals surface area contributed by atoms with E-state index in [9.17, 15) is 18.7 Å². The summed E-state index contributed by atoms with van der Waals surface area (Å²) >= 11 is -1.61. The molecule has 1 aromatic heterocycles. The number of thiophene rings is 1. The maximum atomic E-state index is 11.9. The minimum atomic E-state index is -2.66. The van der Waals surface area contributed by atoms with Gasteiger partial charge in [0, 0.05) is 4.88 Å². The van der Waals surface area contributed by atoms with Crippen LogP contribution in [-0.4, -0.2) is 19.8 Å². The number of carbonyl (C=O) groups is 1. The molecule has 0 saturated heterocycles. The molecule has 7 heteroatoms. The summed E-state index contributed by atoms with van der Waals surface area (Å²) in [4.78, 5) is 12.3. The topological polar surface area (TPSA) is 80.7 Å². The van der Waals surface area contributed by atoms with E-state index in [-0.39, 0.29) is 10.6 Å². The minimum absolute atomic E-state index is 0.0236. The molecule has 1 atom stereocenters. The van der Waals surface area contributed by atoms with Crippen LogP contribution >= 0.6 is 11.3 Å². The number of nitrogens with zero attached hydrogens (tertiary/aromatic N) is 1. The van der Waals surface area contributed by atoms with Gasteiger partial charge in [0.25, 0.3) is 0 Å². The van der Waals surface area contributed by atoms with Gasteiger partial charge in [-0.05, 0) is 36.2 Å². The van der Waals surface area contributed by atoms with Gasteiger partial charge < -0.3 is 9.66 Å². The molecule has 1 N–H and O–H groups in total. The summed E-state index contributed by atoms with van der Waals surface area (Å²) in [5.74, 6) is -1.16. The lowest BCUT2D eigenvalue weighted by Crippen LogP contribution is -2.20. The highest BCUT2D eigenvalue weighted by Gasteiger charge is 2.23. The molecule has 0 radical (unpaired) electrons. The van der Waals surface area contributed by atoms with Gasteiger partial charge in [-0.1, -0.05) is 42.5 Å². The van der Waals surface area contributed by atoms with E-state index in [0.29, 0.717) is 10.6 Å². The van der Waals surface area contributed by atoms with E-state index in [4.69, 9.17) is 0 Å². The van der Waals surface area contributed by atoms with E-state index in [1.165, 1.54) is 0 Å². The largest absolute Gasteiger partial charge is 0.755 e. The summed E-state index contributed by atoms with van der Waals surface area (Å²) in [5.41, 5.74) is 2.24. The summed E-state index contributed by atoms with van der Waals surface area (Å²) in [6, 6.07) is 17.8. The van der Waals surface area contributed by atoms with Gasteiger partial charge in [0.1, 0.15) is 4.88 Å². The molecule has 0 bridgehead atoms. The van der Waals surface area contributed by atoms with Crippen molar-refractivity contribution in [3.63, 3.8) is 0 Å². The molecule has 1 heterocycles. The Balaban J connectivity index is 2.17. The van der Waals surface area contributed by atoms with Crippen LogP contribution in [0.3, 0.4) is 0 Å². The smallest absolute Gasteiger partial charge is 0.348 e. The Morgan fingerprint density at radius 2 is 1.84 bits per heavy atom. The van der Waals surface area contributed by atoms with Crippen LogP contribution in [0.1, 0.15) is 15.2 Å².